The van der Waals surface area contributed by atoms with Crippen molar-refractivity contribution in [1.29, 1.82) is 0 Å². The minimum Gasteiger partial charge on any atom is -0.354 e. The predicted octanol–water partition coefficient (Wildman–Crippen LogP) is 9.04. The van der Waals surface area contributed by atoms with Crippen LogP contribution in [-0.4, -0.2) is 4.98 Å². The highest BCUT2D eigenvalue weighted by atomic mass is 14.7. The van der Waals surface area contributed by atoms with Crippen molar-refractivity contribution in [3.63, 3.8) is 0 Å². The molecule has 0 atom stereocenters. The number of fused-ring (bicyclic) bond motifs is 5. The lowest BCUT2D eigenvalue weighted by Crippen LogP contribution is -1.89. The molecule has 1 heteroatoms. The van der Waals surface area contributed by atoms with E-state index in [0.717, 1.165) is 0 Å². The maximum atomic E-state index is 3.74. The first-order chi connectivity index (χ1) is 16.4. The van der Waals surface area contributed by atoms with Crippen molar-refractivity contribution in [3.8, 4) is 11.3 Å². The summed E-state index contributed by atoms with van der Waals surface area (Å²) in [6.07, 6.45) is 0. The molecule has 1 nitrogen and oxygen atoms in total. The summed E-state index contributed by atoms with van der Waals surface area (Å²) < 4.78 is 0. The van der Waals surface area contributed by atoms with Crippen LogP contribution < -0.4 is 0 Å². The number of H-pyrrole nitrogens is 1. The highest BCUT2D eigenvalue weighted by molar-refractivity contribution is 6.35. The predicted molar refractivity (Wildman–Crippen MR) is 142 cm³/mol. The van der Waals surface area contributed by atoms with Crippen LogP contribution in [0.1, 0.15) is 0 Å². The molecule has 1 heterocycles. The molecule has 0 bridgehead atoms. The fourth-order valence-corrected chi connectivity index (χ4v) is 5.91. The van der Waals surface area contributed by atoms with Gasteiger partial charge in [0.2, 0.25) is 0 Å². The third kappa shape index (κ3) is 2.21. The van der Waals surface area contributed by atoms with Crippen molar-refractivity contribution in [2.24, 2.45) is 0 Å². The van der Waals surface area contributed by atoms with Crippen LogP contribution in [0.4, 0.5) is 0 Å². The Morgan fingerprint density at radius 2 is 1.03 bits per heavy atom. The van der Waals surface area contributed by atoms with Gasteiger partial charge in [-0.25, -0.2) is 0 Å². The van der Waals surface area contributed by atoms with Gasteiger partial charge in [0.1, 0.15) is 0 Å². The topological polar surface area (TPSA) is 15.8 Å². The molecule has 0 amide bonds. The van der Waals surface area contributed by atoms with E-state index in [1.54, 1.807) is 0 Å². The van der Waals surface area contributed by atoms with Crippen LogP contribution in [0.2, 0.25) is 0 Å². The molecule has 0 aliphatic heterocycles. The molecule has 1 N–H and O–H groups in total. The first-order valence-corrected chi connectivity index (χ1v) is 11.5. The number of benzene rings is 7. The summed E-state index contributed by atoms with van der Waals surface area (Å²) in [7, 11) is 0. The van der Waals surface area contributed by atoms with Gasteiger partial charge in [0.25, 0.3) is 0 Å². The molecule has 7 aromatic carbocycles. The molecule has 8 aromatic rings. The maximum Gasteiger partial charge on any atom is 0.0471 e. The lowest BCUT2D eigenvalue weighted by atomic mass is 9.87. The van der Waals surface area contributed by atoms with Gasteiger partial charge in [-0.3, -0.25) is 0 Å². The zero-order valence-electron chi connectivity index (χ0n) is 17.9. The molecule has 0 aliphatic rings. The average molecular weight is 418 g/mol. The summed E-state index contributed by atoms with van der Waals surface area (Å²) in [5, 5.41) is 14.5. The second-order valence-electron chi connectivity index (χ2n) is 9.03. The van der Waals surface area contributed by atoms with Crippen molar-refractivity contribution >= 4 is 64.8 Å². The smallest absolute Gasteiger partial charge is 0.0471 e. The van der Waals surface area contributed by atoms with Crippen LogP contribution in [0.15, 0.2) is 109 Å². The van der Waals surface area contributed by atoms with E-state index in [-0.39, 0.29) is 0 Å². The molecule has 0 saturated carbocycles. The summed E-state index contributed by atoms with van der Waals surface area (Å²) >= 11 is 0. The zero-order valence-corrected chi connectivity index (χ0v) is 17.9. The van der Waals surface area contributed by atoms with Gasteiger partial charge in [0.05, 0.1) is 0 Å². The molecular formula is C32H19N. The van der Waals surface area contributed by atoms with E-state index in [9.17, 15) is 0 Å². The molecule has 0 aliphatic carbocycles. The lowest BCUT2D eigenvalue weighted by molar-refractivity contribution is 1.47. The standard InChI is InChI=1S/C32H19N/c1-2-10-22-19(6-1)15-17-28-27(22)18-29(33-28)25-16-14-21-9-4-12-24-23-11-3-7-20-8-5-13-26(30(20)23)32(25)31(21)24/h1-18,33H. The third-order valence-corrected chi connectivity index (χ3v) is 7.33. The quantitative estimate of drug-likeness (QED) is 0.202. The number of hydrogen-bond donors (Lipinski definition) is 1. The summed E-state index contributed by atoms with van der Waals surface area (Å²) in [5.74, 6) is 0. The number of hydrogen-bond acceptors (Lipinski definition) is 0. The Balaban J connectivity index is 1.59. The Labute approximate surface area is 190 Å². The number of nitrogens with one attached hydrogen (secondary N) is 1. The Morgan fingerprint density at radius 3 is 1.88 bits per heavy atom. The molecule has 1 aromatic heterocycles. The second-order valence-corrected chi connectivity index (χ2v) is 9.03. The van der Waals surface area contributed by atoms with Gasteiger partial charge in [-0.2, -0.15) is 0 Å². The van der Waals surface area contributed by atoms with Crippen molar-refractivity contribution in [2.45, 2.75) is 0 Å². The van der Waals surface area contributed by atoms with E-state index < -0.39 is 0 Å². The van der Waals surface area contributed by atoms with Crippen LogP contribution >= 0.6 is 0 Å². The Morgan fingerprint density at radius 1 is 0.394 bits per heavy atom. The first kappa shape index (κ1) is 17.2. The SMILES string of the molecule is c1ccc2c(c1)ccc1[nH]c(-c3ccc4cccc5c6cccc7cccc(c3c45)c76)cc12. The van der Waals surface area contributed by atoms with E-state index in [1.807, 2.05) is 0 Å². The van der Waals surface area contributed by atoms with Gasteiger partial charge in [-0.1, -0.05) is 97.1 Å². The highest BCUT2D eigenvalue weighted by Crippen LogP contribution is 2.44. The van der Waals surface area contributed by atoms with E-state index in [4.69, 9.17) is 0 Å². The van der Waals surface area contributed by atoms with Gasteiger partial charge in [0, 0.05) is 27.5 Å². The van der Waals surface area contributed by atoms with Gasteiger partial charge < -0.3 is 4.98 Å². The van der Waals surface area contributed by atoms with Gasteiger partial charge in [0.15, 0.2) is 0 Å². The molecule has 0 unspecified atom stereocenters. The summed E-state index contributed by atoms with van der Waals surface area (Å²) in [6, 6.07) is 40.0. The monoisotopic (exact) mass is 417 g/mol. The van der Waals surface area contributed by atoms with Crippen molar-refractivity contribution in [2.75, 3.05) is 0 Å². The van der Waals surface area contributed by atoms with Crippen molar-refractivity contribution in [3.05, 3.63) is 109 Å². The largest absolute Gasteiger partial charge is 0.354 e. The summed E-state index contributed by atoms with van der Waals surface area (Å²) in [5.41, 5.74) is 3.61. The van der Waals surface area contributed by atoms with Crippen LogP contribution in [0.3, 0.4) is 0 Å². The van der Waals surface area contributed by atoms with E-state index >= 15 is 0 Å². The summed E-state index contributed by atoms with van der Waals surface area (Å²) in [6.45, 7) is 0. The molecule has 0 radical (unpaired) electrons. The Hall–Kier alpha value is -4.36. The van der Waals surface area contributed by atoms with Crippen LogP contribution in [0.25, 0.3) is 76.0 Å². The fourth-order valence-electron chi connectivity index (χ4n) is 5.91. The second kappa shape index (κ2) is 6.11. The minimum atomic E-state index is 1.17. The zero-order chi connectivity index (χ0) is 21.5. The van der Waals surface area contributed by atoms with Gasteiger partial charge in [-0.05, 0) is 60.6 Å². The molecule has 0 saturated heterocycles. The molecule has 33 heavy (non-hydrogen) atoms. The first-order valence-electron chi connectivity index (χ1n) is 11.5. The molecule has 152 valence electrons. The minimum absolute atomic E-state index is 1.17. The Kier molecular flexibility index (Phi) is 3.19. The van der Waals surface area contributed by atoms with Crippen LogP contribution in [0.5, 0.6) is 0 Å². The van der Waals surface area contributed by atoms with E-state index in [1.165, 1.54) is 76.0 Å². The van der Waals surface area contributed by atoms with Crippen molar-refractivity contribution < 1.29 is 0 Å². The van der Waals surface area contributed by atoms with Gasteiger partial charge >= 0.3 is 0 Å². The highest BCUT2D eigenvalue weighted by Gasteiger charge is 2.17. The number of rotatable bonds is 1. The van der Waals surface area contributed by atoms with Crippen LogP contribution in [0, 0.1) is 0 Å². The maximum absolute atomic E-state index is 3.74. The lowest BCUT2D eigenvalue weighted by Gasteiger charge is -2.16. The third-order valence-electron chi connectivity index (χ3n) is 7.33. The average Bonchev–Trinajstić information content (AvgIpc) is 3.31. The Bertz CT molecular complexity index is 2020. The van der Waals surface area contributed by atoms with Crippen molar-refractivity contribution in [1.82, 2.24) is 4.98 Å². The molecule has 0 fully saturated rings. The number of aromatic nitrogens is 1. The molecular weight excluding hydrogens is 398 g/mol. The normalized spacial score (nSPS) is 12.2. The van der Waals surface area contributed by atoms with Gasteiger partial charge in [-0.15, -0.1) is 0 Å². The summed E-state index contributed by atoms with van der Waals surface area (Å²) in [4.78, 5) is 3.74. The molecule has 0 spiro atoms. The van der Waals surface area contributed by atoms with E-state index in [2.05, 4.69) is 114 Å². The van der Waals surface area contributed by atoms with Crippen LogP contribution in [-0.2, 0) is 0 Å². The number of aromatic amines is 1. The fraction of sp³-hybridized carbons (Fsp3) is 0. The molecule has 8 rings (SSSR count). The van der Waals surface area contributed by atoms with E-state index in [0.29, 0.717) is 0 Å².